The van der Waals surface area contributed by atoms with Crippen molar-refractivity contribution in [1.29, 1.82) is 5.26 Å². The molecule has 24 heavy (non-hydrogen) atoms. The van der Waals surface area contributed by atoms with Crippen LogP contribution in [-0.4, -0.2) is 30.0 Å². The number of carbonyl (C=O) groups excluding carboxylic acids is 1. The third kappa shape index (κ3) is 3.47. The Bertz CT molecular complexity index is 777. The van der Waals surface area contributed by atoms with Crippen LogP contribution in [0.1, 0.15) is 40.1 Å². The number of hydrogen-bond donors (Lipinski definition) is 0. The summed E-state index contributed by atoms with van der Waals surface area (Å²) in [5.74, 6) is -0.0561. The summed E-state index contributed by atoms with van der Waals surface area (Å²) in [6.45, 7) is 5.10. The predicted octanol–water partition coefficient (Wildman–Crippen LogP) is 3.47. The van der Waals surface area contributed by atoms with Crippen molar-refractivity contribution in [1.82, 2.24) is 4.90 Å². The molecule has 2 aromatic rings. The molecule has 122 valence electrons. The maximum atomic E-state index is 12.8. The van der Waals surface area contributed by atoms with Gasteiger partial charge in [-0.3, -0.25) is 4.79 Å². The summed E-state index contributed by atoms with van der Waals surface area (Å²) >= 11 is 0. The largest absolute Gasteiger partial charge is 0.367 e. The SMILES string of the molecule is Cc1ccc(C2CN(C(=O)c3cccc(C#N)c3)CC(C)O2)cc1. The molecule has 4 nitrogen and oxygen atoms in total. The second-order valence-electron chi connectivity index (χ2n) is 6.25. The molecule has 2 atom stereocenters. The van der Waals surface area contributed by atoms with E-state index < -0.39 is 0 Å². The van der Waals surface area contributed by atoms with E-state index in [1.54, 1.807) is 24.3 Å². The molecule has 1 aliphatic rings. The Kier molecular flexibility index (Phi) is 4.64. The van der Waals surface area contributed by atoms with Crippen LogP contribution in [0.25, 0.3) is 0 Å². The van der Waals surface area contributed by atoms with Gasteiger partial charge in [0.2, 0.25) is 0 Å². The summed E-state index contributed by atoms with van der Waals surface area (Å²) in [5, 5.41) is 9.01. The van der Waals surface area contributed by atoms with Gasteiger partial charge in [0.25, 0.3) is 5.91 Å². The number of morpholine rings is 1. The topological polar surface area (TPSA) is 53.3 Å². The first-order chi connectivity index (χ1) is 11.6. The number of ether oxygens (including phenoxy) is 1. The fraction of sp³-hybridized carbons (Fsp3) is 0.300. The van der Waals surface area contributed by atoms with Crippen LogP contribution in [0.5, 0.6) is 0 Å². The van der Waals surface area contributed by atoms with E-state index in [1.165, 1.54) is 5.56 Å². The maximum absolute atomic E-state index is 12.8. The minimum atomic E-state index is -0.127. The fourth-order valence-corrected chi connectivity index (χ4v) is 2.99. The standard InChI is InChI=1S/C20H20N2O2/c1-14-6-8-17(9-7-14)19-13-22(12-15(2)24-19)20(23)18-5-3-4-16(10-18)11-21/h3-10,15,19H,12-13H2,1-2H3. The molecule has 2 aromatic carbocycles. The Morgan fingerprint density at radius 1 is 1.21 bits per heavy atom. The van der Waals surface area contributed by atoms with E-state index in [9.17, 15) is 4.79 Å². The highest BCUT2D eigenvalue weighted by Crippen LogP contribution is 2.26. The van der Waals surface area contributed by atoms with Gasteiger partial charge in [-0.15, -0.1) is 0 Å². The number of hydrogen-bond acceptors (Lipinski definition) is 3. The van der Waals surface area contributed by atoms with Gasteiger partial charge in [-0.05, 0) is 37.6 Å². The second kappa shape index (κ2) is 6.86. The molecule has 1 heterocycles. The van der Waals surface area contributed by atoms with Crippen LogP contribution in [0.4, 0.5) is 0 Å². The zero-order chi connectivity index (χ0) is 17.1. The summed E-state index contributed by atoms with van der Waals surface area (Å²) < 4.78 is 6.03. The normalized spacial score (nSPS) is 20.5. The molecule has 3 rings (SSSR count). The van der Waals surface area contributed by atoms with E-state index in [0.717, 1.165) is 5.56 Å². The lowest BCUT2D eigenvalue weighted by Crippen LogP contribution is -2.46. The minimum Gasteiger partial charge on any atom is -0.367 e. The highest BCUT2D eigenvalue weighted by Gasteiger charge is 2.29. The summed E-state index contributed by atoms with van der Waals surface area (Å²) in [5.41, 5.74) is 3.32. The molecule has 0 N–H and O–H groups in total. The Labute approximate surface area is 142 Å². The summed E-state index contributed by atoms with van der Waals surface area (Å²) in [6, 6.07) is 17.1. The number of amides is 1. The van der Waals surface area contributed by atoms with Crippen molar-refractivity contribution in [2.24, 2.45) is 0 Å². The van der Waals surface area contributed by atoms with Crippen LogP contribution in [0.3, 0.4) is 0 Å². The molecule has 0 aromatic heterocycles. The zero-order valence-corrected chi connectivity index (χ0v) is 13.9. The predicted molar refractivity (Wildman–Crippen MR) is 91.5 cm³/mol. The molecule has 1 amide bonds. The van der Waals surface area contributed by atoms with Crippen molar-refractivity contribution in [2.75, 3.05) is 13.1 Å². The van der Waals surface area contributed by atoms with E-state index in [-0.39, 0.29) is 18.1 Å². The van der Waals surface area contributed by atoms with Crippen molar-refractivity contribution in [3.8, 4) is 6.07 Å². The Balaban J connectivity index is 1.81. The third-order valence-corrected chi connectivity index (χ3v) is 4.24. The van der Waals surface area contributed by atoms with Crippen molar-refractivity contribution < 1.29 is 9.53 Å². The lowest BCUT2D eigenvalue weighted by atomic mass is 10.0. The molecule has 2 unspecified atom stereocenters. The van der Waals surface area contributed by atoms with Crippen molar-refractivity contribution in [3.63, 3.8) is 0 Å². The van der Waals surface area contributed by atoms with E-state index in [2.05, 4.69) is 30.3 Å². The number of rotatable bonds is 2. The summed E-state index contributed by atoms with van der Waals surface area (Å²) in [6.07, 6.45) is -0.161. The fourth-order valence-electron chi connectivity index (χ4n) is 2.99. The molecule has 0 saturated carbocycles. The molecule has 4 heteroatoms. The third-order valence-electron chi connectivity index (χ3n) is 4.24. The van der Waals surface area contributed by atoms with E-state index >= 15 is 0 Å². The molecule has 1 aliphatic heterocycles. The Morgan fingerprint density at radius 2 is 1.96 bits per heavy atom. The van der Waals surface area contributed by atoms with Gasteiger partial charge in [0.1, 0.15) is 6.10 Å². The van der Waals surface area contributed by atoms with E-state index in [1.807, 2.05) is 18.7 Å². The molecular weight excluding hydrogens is 300 g/mol. The number of benzene rings is 2. The molecule has 1 fully saturated rings. The summed E-state index contributed by atoms with van der Waals surface area (Å²) in [4.78, 5) is 14.6. The van der Waals surface area contributed by atoms with Crippen molar-refractivity contribution in [2.45, 2.75) is 26.1 Å². The Morgan fingerprint density at radius 3 is 2.67 bits per heavy atom. The van der Waals surface area contributed by atoms with Gasteiger partial charge in [-0.25, -0.2) is 0 Å². The zero-order valence-electron chi connectivity index (χ0n) is 13.9. The van der Waals surface area contributed by atoms with Crippen molar-refractivity contribution >= 4 is 5.91 Å². The van der Waals surface area contributed by atoms with Gasteiger partial charge in [0.15, 0.2) is 0 Å². The number of aryl methyl sites for hydroxylation is 1. The Hall–Kier alpha value is -2.64. The molecule has 0 spiro atoms. The first-order valence-corrected chi connectivity index (χ1v) is 8.08. The van der Waals surface area contributed by atoms with Crippen LogP contribution in [-0.2, 0) is 4.74 Å². The van der Waals surface area contributed by atoms with Crippen LogP contribution in [0, 0.1) is 18.3 Å². The van der Waals surface area contributed by atoms with Gasteiger partial charge in [-0.1, -0.05) is 35.9 Å². The highest BCUT2D eigenvalue weighted by atomic mass is 16.5. The number of nitriles is 1. The monoisotopic (exact) mass is 320 g/mol. The first-order valence-electron chi connectivity index (χ1n) is 8.08. The molecule has 0 bridgehead atoms. The quantitative estimate of drug-likeness (QED) is 0.851. The highest BCUT2D eigenvalue weighted by molar-refractivity contribution is 5.94. The van der Waals surface area contributed by atoms with Gasteiger partial charge in [-0.2, -0.15) is 5.26 Å². The van der Waals surface area contributed by atoms with Gasteiger partial charge in [0.05, 0.1) is 24.3 Å². The van der Waals surface area contributed by atoms with Gasteiger partial charge < -0.3 is 9.64 Å². The van der Waals surface area contributed by atoms with Crippen molar-refractivity contribution in [3.05, 3.63) is 70.8 Å². The van der Waals surface area contributed by atoms with Crippen LogP contribution < -0.4 is 0 Å². The van der Waals surface area contributed by atoms with Crippen LogP contribution in [0.2, 0.25) is 0 Å². The number of nitrogens with zero attached hydrogens (tertiary/aromatic N) is 2. The lowest BCUT2D eigenvalue weighted by Gasteiger charge is -2.37. The molecule has 1 saturated heterocycles. The second-order valence-corrected chi connectivity index (χ2v) is 6.25. The number of carbonyl (C=O) groups is 1. The van der Waals surface area contributed by atoms with Gasteiger partial charge in [0, 0.05) is 12.1 Å². The molecular formula is C20H20N2O2. The lowest BCUT2D eigenvalue weighted by molar-refractivity contribution is -0.0691. The average Bonchev–Trinajstić information content (AvgIpc) is 2.61. The van der Waals surface area contributed by atoms with Crippen LogP contribution >= 0.6 is 0 Å². The van der Waals surface area contributed by atoms with E-state index in [4.69, 9.17) is 10.00 Å². The maximum Gasteiger partial charge on any atom is 0.254 e. The molecule has 0 aliphatic carbocycles. The summed E-state index contributed by atoms with van der Waals surface area (Å²) in [7, 11) is 0. The average molecular weight is 320 g/mol. The van der Waals surface area contributed by atoms with Crippen LogP contribution in [0.15, 0.2) is 48.5 Å². The van der Waals surface area contributed by atoms with E-state index in [0.29, 0.717) is 24.2 Å². The van der Waals surface area contributed by atoms with Gasteiger partial charge >= 0.3 is 0 Å². The first kappa shape index (κ1) is 16.2. The molecule has 0 radical (unpaired) electrons. The minimum absolute atomic E-state index is 0.0341. The smallest absolute Gasteiger partial charge is 0.254 e.